The van der Waals surface area contributed by atoms with Gasteiger partial charge in [0.25, 0.3) is 5.89 Å². The molecule has 1 atom stereocenters. The number of methoxy groups -OCH3 is 1. The molecule has 1 unspecified atom stereocenters. The van der Waals surface area contributed by atoms with Crippen LogP contribution >= 0.6 is 0 Å². The lowest BCUT2D eigenvalue weighted by atomic mass is 10.1. The maximum atomic E-state index is 12.7. The Morgan fingerprint density at radius 1 is 1.26 bits per heavy atom. The van der Waals surface area contributed by atoms with Crippen molar-refractivity contribution < 1.29 is 18.8 Å². The fraction of sp³-hybridized carbons (Fsp3) is 0.391. The summed E-state index contributed by atoms with van der Waals surface area (Å²) in [5.41, 5.74) is 1.92. The molecule has 1 saturated heterocycles. The van der Waals surface area contributed by atoms with E-state index in [0.717, 1.165) is 36.3 Å². The molecule has 0 aliphatic carbocycles. The first-order valence-corrected chi connectivity index (χ1v) is 10.5. The van der Waals surface area contributed by atoms with Gasteiger partial charge in [0.2, 0.25) is 5.91 Å². The van der Waals surface area contributed by atoms with Crippen LogP contribution in [0.1, 0.15) is 30.7 Å². The summed E-state index contributed by atoms with van der Waals surface area (Å²) in [7, 11) is 1.65. The molecule has 3 aromatic rings. The van der Waals surface area contributed by atoms with Gasteiger partial charge in [0.15, 0.2) is 5.82 Å². The molecule has 1 aliphatic heterocycles. The fourth-order valence-corrected chi connectivity index (χ4v) is 3.65. The minimum atomic E-state index is -0.0302. The van der Waals surface area contributed by atoms with E-state index in [-0.39, 0.29) is 18.6 Å². The molecule has 3 heterocycles. The van der Waals surface area contributed by atoms with Crippen molar-refractivity contribution in [2.75, 3.05) is 20.2 Å². The van der Waals surface area contributed by atoms with Gasteiger partial charge in [-0.1, -0.05) is 17.3 Å². The molecule has 8 heteroatoms. The standard InChI is InChI=1S/C23H26N4O4/c1-29-19-5-2-4-17(14-19)7-8-22(28)27-13-3-6-20(15-27)30-16-21-25-23(31-26-21)18-9-11-24-12-10-18/h2,4-5,9-12,14,20H,3,6-8,13,15-16H2,1H3. The third-order valence-electron chi connectivity index (χ3n) is 5.34. The zero-order valence-electron chi connectivity index (χ0n) is 17.6. The van der Waals surface area contributed by atoms with Crippen LogP contribution in [0.2, 0.25) is 0 Å². The summed E-state index contributed by atoms with van der Waals surface area (Å²) in [5.74, 6) is 1.90. The van der Waals surface area contributed by atoms with Gasteiger partial charge in [-0.15, -0.1) is 0 Å². The molecule has 0 bridgehead atoms. The lowest BCUT2D eigenvalue weighted by molar-refractivity contribution is -0.135. The summed E-state index contributed by atoms with van der Waals surface area (Å²) in [6.45, 7) is 1.61. The Balaban J connectivity index is 1.25. The molecular formula is C23H26N4O4. The van der Waals surface area contributed by atoms with Gasteiger partial charge in [-0.3, -0.25) is 9.78 Å². The van der Waals surface area contributed by atoms with Crippen LogP contribution in [0, 0.1) is 0 Å². The first-order chi connectivity index (χ1) is 15.2. The topological polar surface area (TPSA) is 90.6 Å². The van der Waals surface area contributed by atoms with Crippen LogP contribution in [0.4, 0.5) is 0 Å². The lowest BCUT2D eigenvalue weighted by Crippen LogP contribution is -2.43. The molecule has 0 spiro atoms. The summed E-state index contributed by atoms with van der Waals surface area (Å²) in [6, 6.07) is 11.5. The highest BCUT2D eigenvalue weighted by atomic mass is 16.5. The van der Waals surface area contributed by atoms with E-state index in [4.69, 9.17) is 14.0 Å². The highest BCUT2D eigenvalue weighted by Crippen LogP contribution is 2.19. The van der Waals surface area contributed by atoms with Gasteiger partial charge in [-0.25, -0.2) is 0 Å². The van der Waals surface area contributed by atoms with Crippen LogP contribution in [-0.4, -0.2) is 52.2 Å². The van der Waals surface area contributed by atoms with E-state index in [1.165, 1.54) is 0 Å². The molecule has 1 aromatic carbocycles. The monoisotopic (exact) mass is 422 g/mol. The second kappa shape index (κ2) is 10.2. The third kappa shape index (κ3) is 5.67. The van der Waals surface area contributed by atoms with Crippen LogP contribution in [0.15, 0.2) is 53.3 Å². The largest absolute Gasteiger partial charge is 0.497 e. The number of carbonyl (C=O) groups excluding carboxylic acids is 1. The van der Waals surface area contributed by atoms with Gasteiger partial charge in [0, 0.05) is 37.5 Å². The minimum absolute atomic E-state index is 0.0302. The molecule has 0 N–H and O–H groups in total. The van der Waals surface area contributed by atoms with Crippen LogP contribution in [-0.2, 0) is 22.6 Å². The van der Waals surface area contributed by atoms with E-state index in [1.54, 1.807) is 19.5 Å². The molecular weight excluding hydrogens is 396 g/mol. The molecule has 162 valence electrons. The van der Waals surface area contributed by atoms with Gasteiger partial charge in [-0.2, -0.15) is 4.98 Å². The molecule has 4 rings (SSSR count). The summed E-state index contributed by atoms with van der Waals surface area (Å²) in [6.07, 6.45) is 6.32. The predicted octanol–water partition coefficient (Wildman–Crippen LogP) is 3.28. The molecule has 1 aliphatic rings. The third-order valence-corrected chi connectivity index (χ3v) is 5.34. The number of likely N-dealkylation sites (tertiary alicyclic amines) is 1. The van der Waals surface area contributed by atoms with Crippen molar-refractivity contribution in [3.8, 4) is 17.2 Å². The van der Waals surface area contributed by atoms with Gasteiger partial charge < -0.3 is 18.9 Å². The maximum absolute atomic E-state index is 12.7. The lowest BCUT2D eigenvalue weighted by Gasteiger charge is -2.32. The van der Waals surface area contributed by atoms with E-state index in [0.29, 0.717) is 31.1 Å². The van der Waals surface area contributed by atoms with E-state index in [1.807, 2.05) is 41.3 Å². The number of pyridine rings is 1. The fourth-order valence-electron chi connectivity index (χ4n) is 3.65. The molecule has 1 fully saturated rings. The number of aryl methyl sites for hydroxylation is 1. The summed E-state index contributed by atoms with van der Waals surface area (Å²) in [5, 5.41) is 3.99. The Hall–Kier alpha value is -3.26. The van der Waals surface area contributed by atoms with Crippen molar-refractivity contribution in [3.05, 3.63) is 60.2 Å². The number of rotatable bonds is 8. The van der Waals surface area contributed by atoms with Gasteiger partial charge >= 0.3 is 0 Å². The highest BCUT2D eigenvalue weighted by Gasteiger charge is 2.24. The number of ether oxygens (including phenoxy) is 2. The Kier molecular flexibility index (Phi) is 6.89. The predicted molar refractivity (Wildman–Crippen MR) is 113 cm³/mol. The number of aromatic nitrogens is 3. The van der Waals surface area contributed by atoms with Crippen molar-refractivity contribution in [3.63, 3.8) is 0 Å². The molecule has 2 aromatic heterocycles. The SMILES string of the molecule is COc1cccc(CCC(=O)N2CCCC(OCc3noc(-c4ccncc4)n3)C2)c1. The second-order valence-electron chi connectivity index (χ2n) is 7.52. The van der Waals surface area contributed by atoms with Gasteiger partial charge in [0.1, 0.15) is 12.4 Å². The Bertz CT molecular complexity index is 992. The molecule has 1 amide bonds. The summed E-state index contributed by atoms with van der Waals surface area (Å²) < 4.78 is 16.5. The molecule has 31 heavy (non-hydrogen) atoms. The zero-order chi connectivity index (χ0) is 21.5. The number of amides is 1. The normalized spacial score (nSPS) is 16.3. The summed E-state index contributed by atoms with van der Waals surface area (Å²) >= 11 is 0. The van der Waals surface area contributed by atoms with Crippen LogP contribution in [0.3, 0.4) is 0 Å². The maximum Gasteiger partial charge on any atom is 0.258 e. The van der Waals surface area contributed by atoms with Crippen molar-refractivity contribution in [1.29, 1.82) is 0 Å². The Morgan fingerprint density at radius 3 is 2.97 bits per heavy atom. The first kappa shape index (κ1) is 21.0. The smallest absolute Gasteiger partial charge is 0.258 e. The van der Waals surface area contributed by atoms with Gasteiger partial charge in [0.05, 0.1) is 13.2 Å². The Morgan fingerprint density at radius 2 is 2.13 bits per heavy atom. The van der Waals surface area contributed by atoms with Crippen molar-refractivity contribution in [1.82, 2.24) is 20.0 Å². The van der Waals surface area contributed by atoms with Crippen molar-refractivity contribution in [2.24, 2.45) is 0 Å². The molecule has 0 radical (unpaired) electrons. The highest BCUT2D eigenvalue weighted by molar-refractivity contribution is 5.76. The van der Waals surface area contributed by atoms with E-state index >= 15 is 0 Å². The van der Waals surface area contributed by atoms with Crippen LogP contribution < -0.4 is 4.74 Å². The van der Waals surface area contributed by atoms with Crippen molar-refractivity contribution >= 4 is 5.91 Å². The van der Waals surface area contributed by atoms with E-state index in [9.17, 15) is 4.79 Å². The van der Waals surface area contributed by atoms with Crippen LogP contribution in [0.5, 0.6) is 5.75 Å². The minimum Gasteiger partial charge on any atom is -0.497 e. The van der Waals surface area contributed by atoms with Gasteiger partial charge in [-0.05, 0) is 49.1 Å². The summed E-state index contributed by atoms with van der Waals surface area (Å²) in [4.78, 5) is 23.0. The number of hydrogen-bond acceptors (Lipinski definition) is 7. The van der Waals surface area contributed by atoms with E-state index in [2.05, 4.69) is 15.1 Å². The van der Waals surface area contributed by atoms with E-state index < -0.39 is 0 Å². The average molecular weight is 422 g/mol. The Labute approximate surface area is 181 Å². The number of hydrogen-bond donors (Lipinski definition) is 0. The zero-order valence-corrected chi connectivity index (χ0v) is 17.6. The number of carbonyl (C=O) groups is 1. The second-order valence-corrected chi connectivity index (χ2v) is 7.52. The number of piperidine rings is 1. The quantitative estimate of drug-likeness (QED) is 0.550. The number of benzene rings is 1. The molecule has 8 nitrogen and oxygen atoms in total. The first-order valence-electron chi connectivity index (χ1n) is 10.5. The van der Waals surface area contributed by atoms with Crippen LogP contribution in [0.25, 0.3) is 11.5 Å². The molecule has 0 saturated carbocycles. The number of nitrogens with zero attached hydrogens (tertiary/aromatic N) is 4. The van der Waals surface area contributed by atoms with Crippen molar-refractivity contribution in [2.45, 2.75) is 38.4 Å². The average Bonchev–Trinajstić information content (AvgIpc) is 3.31.